The molecule has 0 heterocycles. The lowest BCUT2D eigenvalue weighted by molar-refractivity contribution is -0.151. The van der Waals surface area contributed by atoms with Gasteiger partial charge in [0.1, 0.15) is 24.2 Å². The highest BCUT2D eigenvalue weighted by Crippen LogP contribution is 2.34. The number of aryl methyl sites for hydroxylation is 2. The number of methoxy groups -OCH3 is 1. The standard InChI is InChI=1S/C28H45N3O6/c1-12-28(9,10)31(25(34)22(17(2)3)30-26(35)37-27(6,7)8)23(24(33)29-16-21(32)36-11)20-14-13-18(4)15-19(20)5/h13-15,17,22-23H,12,16H2,1-11H3,(H,29,33)(H,30,35). The lowest BCUT2D eigenvalue weighted by Crippen LogP contribution is -2.60. The summed E-state index contributed by atoms with van der Waals surface area (Å²) in [5.74, 6) is -1.85. The van der Waals surface area contributed by atoms with Crippen molar-refractivity contribution in [3.63, 3.8) is 0 Å². The Hall–Kier alpha value is -3.10. The number of carbonyl (C=O) groups excluding carboxylic acids is 4. The normalized spacial score (nSPS) is 13.4. The molecule has 0 aliphatic carbocycles. The van der Waals surface area contributed by atoms with Crippen LogP contribution in [0.2, 0.25) is 0 Å². The van der Waals surface area contributed by atoms with E-state index in [2.05, 4.69) is 15.4 Å². The molecule has 0 aliphatic heterocycles. The number of alkyl carbamates (subject to hydrolysis) is 1. The number of benzene rings is 1. The van der Waals surface area contributed by atoms with Gasteiger partial charge >= 0.3 is 12.1 Å². The van der Waals surface area contributed by atoms with Gasteiger partial charge in [-0.15, -0.1) is 0 Å². The number of ether oxygens (including phenoxy) is 2. The third kappa shape index (κ3) is 9.05. The third-order valence-corrected chi connectivity index (χ3v) is 6.22. The Morgan fingerprint density at radius 2 is 1.62 bits per heavy atom. The second-order valence-corrected chi connectivity index (χ2v) is 11.3. The maximum atomic E-state index is 14.3. The summed E-state index contributed by atoms with van der Waals surface area (Å²) in [5, 5.41) is 5.35. The van der Waals surface area contributed by atoms with Gasteiger partial charge in [0.2, 0.25) is 11.8 Å². The van der Waals surface area contributed by atoms with Crippen molar-refractivity contribution in [2.75, 3.05) is 13.7 Å². The first-order chi connectivity index (χ1) is 16.9. The fourth-order valence-electron chi connectivity index (χ4n) is 3.90. The zero-order chi connectivity index (χ0) is 28.7. The lowest BCUT2D eigenvalue weighted by Gasteiger charge is -2.45. The van der Waals surface area contributed by atoms with Crippen molar-refractivity contribution in [2.45, 2.75) is 98.9 Å². The fraction of sp³-hybridized carbons (Fsp3) is 0.643. The fourth-order valence-corrected chi connectivity index (χ4v) is 3.90. The molecule has 0 aromatic heterocycles. The molecule has 9 heteroatoms. The molecular weight excluding hydrogens is 474 g/mol. The van der Waals surface area contributed by atoms with Crippen LogP contribution in [0.15, 0.2) is 18.2 Å². The van der Waals surface area contributed by atoms with E-state index in [4.69, 9.17) is 4.74 Å². The van der Waals surface area contributed by atoms with Crippen molar-refractivity contribution in [1.29, 1.82) is 0 Å². The summed E-state index contributed by atoms with van der Waals surface area (Å²) >= 11 is 0. The first kappa shape index (κ1) is 31.9. The smallest absolute Gasteiger partial charge is 0.408 e. The number of carbonyl (C=O) groups is 4. The van der Waals surface area contributed by atoms with Crippen LogP contribution in [0.25, 0.3) is 0 Å². The van der Waals surface area contributed by atoms with Gasteiger partial charge in [-0.1, -0.05) is 44.5 Å². The monoisotopic (exact) mass is 519 g/mol. The van der Waals surface area contributed by atoms with Crippen LogP contribution in [-0.4, -0.2) is 59.6 Å². The summed E-state index contributed by atoms with van der Waals surface area (Å²) in [6.07, 6.45) is -0.186. The van der Waals surface area contributed by atoms with Gasteiger partial charge in [0.05, 0.1) is 7.11 Å². The SMILES string of the molecule is CCC(C)(C)N(C(=O)C(NC(=O)OC(C)(C)C)C(C)C)C(C(=O)NCC(=O)OC)c1ccc(C)cc1C. The van der Waals surface area contributed by atoms with E-state index in [-0.39, 0.29) is 12.5 Å². The van der Waals surface area contributed by atoms with Crippen LogP contribution in [0.4, 0.5) is 4.79 Å². The molecule has 1 rings (SSSR count). The van der Waals surface area contributed by atoms with Gasteiger partial charge in [-0.2, -0.15) is 0 Å². The van der Waals surface area contributed by atoms with Crippen molar-refractivity contribution in [3.05, 3.63) is 34.9 Å². The number of nitrogens with one attached hydrogen (secondary N) is 2. The second kappa shape index (κ2) is 12.9. The first-order valence-corrected chi connectivity index (χ1v) is 12.7. The zero-order valence-corrected chi connectivity index (χ0v) is 24.3. The number of amides is 3. The Balaban J connectivity index is 3.68. The molecule has 0 bridgehead atoms. The maximum Gasteiger partial charge on any atom is 0.408 e. The summed E-state index contributed by atoms with van der Waals surface area (Å²) in [5.41, 5.74) is 0.928. The number of esters is 1. The topological polar surface area (TPSA) is 114 Å². The summed E-state index contributed by atoms with van der Waals surface area (Å²) in [6, 6.07) is 3.63. The Morgan fingerprint density at radius 1 is 1.03 bits per heavy atom. The van der Waals surface area contributed by atoms with Gasteiger partial charge in [-0.25, -0.2) is 4.79 Å². The molecule has 1 aromatic rings. The van der Waals surface area contributed by atoms with E-state index in [9.17, 15) is 19.2 Å². The number of rotatable bonds is 10. The van der Waals surface area contributed by atoms with Gasteiger partial charge in [0.15, 0.2) is 0 Å². The number of hydrogen-bond donors (Lipinski definition) is 2. The van der Waals surface area contributed by atoms with Gasteiger partial charge in [-0.05, 0) is 71.9 Å². The van der Waals surface area contributed by atoms with Crippen molar-refractivity contribution >= 4 is 23.9 Å². The molecule has 0 saturated carbocycles. The zero-order valence-electron chi connectivity index (χ0n) is 24.3. The van der Waals surface area contributed by atoms with Crippen LogP contribution >= 0.6 is 0 Å². The summed E-state index contributed by atoms with van der Waals surface area (Å²) in [4.78, 5) is 53.9. The largest absolute Gasteiger partial charge is 0.468 e. The van der Waals surface area contributed by atoms with Crippen molar-refractivity contribution in [2.24, 2.45) is 5.92 Å². The second-order valence-electron chi connectivity index (χ2n) is 11.3. The Bertz CT molecular complexity index is 981. The van der Waals surface area contributed by atoms with Crippen LogP contribution in [0.5, 0.6) is 0 Å². The molecule has 3 amide bonds. The maximum absolute atomic E-state index is 14.3. The molecule has 2 unspecified atom stereocenters. The van der Waals surface area contributed by atoms with Crippen molar-refractivity contribution < 1.29 is 28.7 Å². The first-order valence-electron chi connectivity index (χ1n) is 12.7. The Labute approximate surface area is 221 Å². The molecule has 2 atom stereocenters. The van der Waals surface area contributed by atoms with E-state index in [1.165, 1.54) is 12.0 Å². The number of hydrogen-bond acceptors (Lipinski definition) is 6. The van der Waals surface area contributed by atoms with Gasteiger partial charge in [-0.3, -0.25) is 14.4 Å². The summed E-state index contributed by atoms with van der Waals surface area (Å²) in [7, 11) is 1.24. The van der Waals surface area contributed by atoms with Crippen LogP contribution < -0.4 is 10.6 Å². The summed E-state index contributed by atoms with van der Waals surface area (Å²) in [6.45, 7) is 18.0. The molecule has 9 nitrogen and oxygen atoms in total. The highest BCUT2D eigenvalue weighted by atomic mass is 16.6. The van der Waals surface area contributed by atoms with E-state index in [1.54, 1.807) is 20.8 Å². The Kier molecular flexibility index (Phi) is 11.2. The van der Waals surface area contributed by atoms with Crippen molar-refractivity contribution in [3.8, 4) is 0 Å². The van der Waals surface area contributed by atoms with Crippen LogP contribution in [0, 0.1) is 19.8 Å². The highest BCUT2D eigenvalue weighted by molar-refractivity contribution is 5.94. The molecule has 0 spiro atoms. The molecule has 0 saturated heterocycles. The summed E-state index contributed by atoms with van der Waals surface area (Å²) < 4.78 is 10.1. The molecule has 0 radical (unpaired) electrons. The van der Waals surface area contributed by atoms with Gasteiger partial charge < -0.3 is 25.0 Å². The molecule has 208 valence electrons. The minimum Gasteiger partial charge on any atom is -0.468 e. The minimum absolute atomic E-state index is 0.298. The predicted octanol–water partition coefficient (Wildman–Crippen LogP) is 4.20. The highest BCUT2D eigenvalue weighted by Gasteiger charge is 2.44. The minimum atomic E-state index is -1.06. The average Bonchev–Trinajstić information content (AvgIpc) is 2.77. The Morgan fingerprint density at radius 3 is 2.08 bits per heavy atom. The van der Waals surface area contributed by atoms with E-state index >= 15 is 0 Å². The van der Waals surface area contributed by atoms with Gasteiger partial charge in [0.25, 0.3) is 0 Å². The quantitative estimate of drug-likeness (QED) is 0.448. The van der Waals surface area contributed by atoms with Crippen LogP contribution in [0.1, 0.15) is 84.5 Å². The third-order valence-electron chi connectivity index (χ3n) is 6.22. The average molecular weight is 520 g/mol. The molecule has 2 N–H and O–H groups in total. The molecule has 0 aliphatic rings. The van der Waals surface area contributed by atoms with Gasteiger partial charge in [0, 0.05) is 5.54 Å². The predicted molar refractivity (Wildman–Crippen MR) is 143 cm³/mol. The van der Waals surface area contributed by atoms with E-state index in [0.717, 1.165) is 11.1 Å². The number of nitrogens with zero attached hydrogens (tertiary/aromatic N) is 1. The van der Waals surface area contributed by atoms with Crippen LogP contribution in [-0.2, 0) is 23.9 Å². The molecular formula is C28H45N3O6. The molecule has 0 fully saturated rings. The van der Waals surface area contributed by atoms with E-state index in [1.807, 2.05) is 66.7 Å². The van der Waals surface area contributed by atoms with E-state index < -0.39 is 47.1 Å². The van der Waals surface area contributed by atoms with E-state index in [0.29, 0.717) is 12.0 Å². The molecule has 1 aromatic carbocycles. The van der Waals surface area contributed by atoms with Crippen LogP contribution in [0.3, 0.4) is 0 Å². The van der Waals surface area contributed by atoms with Crippen molar-refractivity contribution in [1.82, 2.24) is 15.5 Å². The molecule has 37 heavy (non-hydrogen) atoms. The lowest BCUT2D eigenvalue weighted by atomic mass is 9.88.